The number of aromatic nitrogens is 2. The summed E-state index contributed by atoms with van der Waals surface area (Å²) >= 11 is 0. The summed E-state index contributed by atoms with van der Waals surface area (Å²) in [5.74, 6) is 2.14. The molecule has 1 aromatic heterocycles. The molecular formula is C23H27N3O2. The lowest BCUT2D eigenvalue weighted by molar-refractivity contribution is -0.117. The number of fused-ring (bicyclic) bond motifs is 1. The molecule has 2 heterocycles. The third-order valence-corrected chi connectivity index (χ3v) is 5.37. The number of para-hydroxylation sites is 2. The molecule has 0 N–H and O–H groups in total. The van der Waals surface area contributed by atoms with Crippen LogP contribution in [0, 0.1) is 0 Å². The van der Waals surface area contributed by atoms with Crippen molar-refractivity contribution in [2.75, 3.05) is 18.1 Å². The minimum Gasteiger partial charge on any atom is -0.494 e. The molecule has 0 saturated carbocycles. The zero-order valence-electron chi connectivity index (χ0n) is 16.6. The molecule has 1 fully saturated rings. The minimum absolute atomic E-state index is 0.114. The molecule has 3 aromatic rings. The summed E-state index contributed by atoms with van der Waals surface area (Å²) in [5, 5.41) is 0. The number of hydrogen-bond donors (Lipinski definition) is 0. The van der Waals surface area contributed by atoms with Crippen molar-refractivity contribution < 1.29 is 9.53 Å². The van der Waals surface area contributed by atoms with Gasteiger partial charge in [0, 0.05) is 31.1 Å². The number of nitrogens with zero attached hydrogens (tertiary/aromatic N) is 3. The maximum Gasteiger partial charge on any atom is 0.227 e. The zero-order valence-corrected chi connectivity index (χ0v) is 16.6. The third kappa shape index (κ3) is 3.49. The summed E-state index contributed by atoms with van der Waals surface area (Å²) in [6.07, 6.45) is 2.74. The number of ether oxygens (including phenoxy) is 1. The SMILES string of the molecule is CCCCn1c(C2CC(=O)N(c3ccc(OCC)cc3)C2)nc2ccccc21. The highest BCUT2D eigenvalue weighted by atomic mass is 16.5. The monoisotopic (exact) mass is 377 g/mol. The van der Waals surface area contributed by atoms with E-state index in [0.29, 0.717) is 19.6 Å². The van der Waals surface area contributed by atoms with Crippen LogP contribution in [0.2, 0.25) is 0 Å². The van der Waals surface area contributed by atoms with Crippen molar-refractivity contribution in [1.29, 1.82) is 0 Å². The van der Waals surface area contributed by atoms with E-state index in [1.165, 1.54) is 0 Å². The fourth-order valence-corrected chi connectivity index (χ4v) is 3.98. The summed E-state index contributed by atoms with van der Waals surface area (Å²) in [5.41, 5.74) is 3.10. The van der Waals surface area contributed by atoms with Crippen molar-refractivity contribution >= 4 is 22.6 Å². The van der Waals surface area contributed by atoms with E-state index in [1.807, 2.05) is 42.2 Å². The second kappa shape index (κ2) is 8.05. The van der Waals surface area contributed by atoms with Gasteiger partial charge in [0.1, 0.15) is 11.6 Å². The Morgan fingerprint density at radius 1 is 1.11 bits per heavy atom. The van der Waals surface area contributed by atoms with Gasteiger partial charge in [0.2, 0.25) is 5.91 Å². The van der Waals surface area contributed by atoms with Gasteiger partial charge >= 0.3 is 0 Å². The molecule has 28 heavy (non-hydrogen) atoms. The molecular weight excluding hydrogens is 350 g/mol. The first kappa shape index (κ1) is 18.5. The van der Waals surface area contributed by atoms with Crippen LogP contribution in [-0.2, 0) is 11.3 Å². The van der Waals surface area contributed by atoms with Crippen LogP contribution in [0.15, 0.2) is 48.5 Å². The summed E-state index contributed by atoms with van der Waals surface area (Å²) in [6.45, 7) is 6.42. The Morgan fingerprint density at radius 2 is 1.89 bits per heavy atom. The molecule has 1 amide bonds. The lowest BCUT2D eigenvalue weighted by Gasteiger charge is -2.18. The maximum atomic E-state index is 12.8. The molecule has 1 saturated heterocycles. The van der Waals surface area contributed by atoms with Crippen LogP contribution in [0.5, 0.6) is 5.75 Å². The second-order valence-electron chi connectivity index (χ2n) is 7.30. The van der Waals surface area contributed by atoms with Crippen LogP contribution in [0.4, 0.5) is 5.69 Å². The number of carbonyl (C=O) groups is 1. The van der Waals surface area contributed by atoms with Crippen LogP contribution in [0.3, 0.4) is 0 Å². The molecule has 1 aliphatic rings. The number of anilines is 1. The van der Waals surface area contributed by atoms with Gasteiger partial charge in [-0.1, -0.05) is 25.5 Å². The molecule has 0 spiro atoms. The lowest BCUT2D eigenvalue weighted by atomic mass is 10.1. The summed E-state index contributed by atoms with van der Waals surface area (Å²) < 4.78 is 7.83. The number of hydrogen-bond acceptors (Lipinski definition) is 3. The average molecular weight is 377 g/mol. The molecule has 5 heteroatoms. The Morgan fingerprint density at radius 3 is 2.64 bits per heavy atom. The first-order valence-electron chi connectivity index (χ1n) is 10.2. The van der Waals surface area contributed by atoms with Crippen LogP contribution >= 0.6 is 0 Å². The molecule has 0 aliphatic carbocycles. The van der Waals surface area contributed by atoms with Crippen LogP contribution in [0.1, 0.15) is 44.9 Å². The number of carbonyl (C=O) groups excluding carboxylic acids is 1. The Balaban J connectivity index is 1.61. The Kier molecular flexibility index (Phi) is 5.33. The van der Waals surface area contributed by atoms with E-state index in [9.17, 15) is 4.79 Å². The van der Waals surface area contributed by atoms with Crippen molar-refractivity contribution in [3.8, 4) is 5.75 Å². The number of aryl methyl sites for hydroxylation is 1. The van der Waals surface area contributed by atoms with Gasteiger partial charge in [-0.25, -0.2) is 4.98 Å². The summed E-state index contributed by atoms with van der Waals surface area (Å²) in [7, 11) is 0. The van der Waals surface area contributed by atoms with Crippen LogP contribution < -0.4 is 9.64 Å². The predicted molar refractivity (Wildman–Crippen MR) is 112 cm³/mol. The van der Waals surface area contributed by atoms with Crippen molar-refractivity contribution in [3.63, 3.8) is 0 Å². The maximum absolute atomic E-state index is 12.8. The van der Waals surface area contributed by atoms with E-state index in [2.05, 4.69) is 29.7 Å². The van der Waals surface area contributed by atoms with Gasteiger partial charge in [-0.15, -0.1) is 0 Å². The van der Waals surface area contributed by atoms with Gasteiger partial charge < -0.3 is 14.2 Å². The van der Waals surface area contributed by atoms with E-state index in [1.54, 1.807) is 0 Å². The van der Waals surface area contributed by atoms with Crippen LogP contribution in [-0.4, -0.2) is 28.6 Å². The van der Waals surface area contributed by atoms with Gasteiger partial charge in [0.15, 0.2) is 0 Å². The highest BCUT2D eigenvalue weighted by molar-refractivity contribution is 5.96. The van der Waals surface area contributed by atoms with Crippen molar-refractivity contribution in [3.05, 3.63) is 54.4 Å². The molecule has 0 radical (unpaired) electrons. The number of rotatable bonds is 7. The quantitative estimate of drug-likeness (QED) is 0.597. The average Bonchev–Trinajstić information content (AvgIpc) is 3.28. The Hall–Kier alpha value is -2.82. The van der Waals surface area contributed by atoms with Gasteiger partial charge in [-0.2, -0.15) is 0 Å². The number of unbranched alkanes of at least 4 members (excludes halogenated alkanes) is 1. The highest BCUT2D eigenvalue weighted by Crippen LogP contribution is 2.34. The molecule has 146 valence electrons. The molecule has 4 rings (SSSR count). The van der Waals surface area contributed by atoms with Crippen LogP contribution in [0.25, 0.3) is 11.0 Å². The minimum atomic E-state index is 0.114. The number of benzene rings is 2. The molecule has 1 atom stereocenters. The number of imidazole rings is 1. The highest BCUT2D eigenvalue weighted by Gasteiger charge is 2.34. The van der Waals surface area contributed by atoms with Gasteiger partial charge in [0.25, 0.3) is 0 Å². The van der Waals surface area contributed by atoms with Gasteiger partial charge in [-0.3, -0.25) is 4.79 Å². The normalized spacial score (nSPS) is 16.9. The molecule has 1 unspecified atom stereocenters. The lowest BCUT2D eigenvalue weighted by Crippen LogP contribution is -2.24. The zero-order chi connectivity index (χ0) is 19.5. The molecule has 0 bridgehead atoms. The third-order valence-electron chi connectivity index (χ3n) is 5.37. The summed E-state index contributed by atoms with van der Waals surface area (Å²) in [4.78, 5) is 19.6. The predicted octanol–water partition coefficient (Wildman–Crippen LogP) is 4.76. The van der Waals surface area contributed by atoms with E-state index in [4.69, 9.17) is 9.72 Å². The van der Waals surface area contributed by atoms with E-state index >= 15 is 0 Å². The largest absolute Gasteiger partial charge is 0.494 e. The molecule has 5 nitrogen and oxygen atoms in total. The van der Waals surface area contributed by atoms with Gasteiger partial charge in [0.05, 0.1) is 17.6 Å². The topological polar surface area (TPSA) is 47.4 Å². The summed E-state index contributed by atoms with van der Waals surface area (Å²) in [6, 6.07) is 16.0. The van der Waals surface area contributed by atoms with E-state index in [0.717, 1.165) is 47.7 Å². The Bertz CT molecular complexity index is 962. The van der Waals surface area contributed by atoms with Crippen molar-refractivity contribution in [2.24, 2.45) is 0 Å². The van der Waals surface area contributed by atoms with Crippen molar-refractivity contribution in [1.82, 2.24) is 9.55 Å². The number of amides is 1. The standard InChI is InChI=1S/C23H27N3O2/c1-3-5-14-25-21-9-7-6-8-20(21)24-23(25)17-15-22(27)26(16-17)18-10-12-19(13-11-18)28-4-2/h6-13,17H,3-5,14-16H2,1-2H3. The fourth-order valence-electron chi connectivity index (χ4n) is 3.98. The van der Waals surface area contributed by atoms with Crippen molar-refractivity contribution in [2.45, 2.75) is 45.6 Å². The molecule has 2 aromatic carbocycles. The molecule has 1 aliphatic heterocycles. The van der Waals surface area contributed by atoms with E-state index in [-0.39, 0.29) is 11.8 Å². The van der Waals surface area contributed by atoms with E-state index < -0.39 is 0 Å². The first-order chi connectivity index (χ1) is 13.7. The fraction of sp³-hybridized carbons (Fsp3) is 0.391. The first-order valence-corrected chi connectivity index (χ1v) is 10.2. The van der Waals surface area contributed by atoms with Gasteiger partial charge in [-0.05, 0) is 49.7 Å². The smallest absolute Gasteiger partial charge is 0.227 e. The Labute approximate surface area is 165 Å². The second-order valence-corrected chi connectivity index (χ2v) is 7.30.